The summed E-state index contributed by atoms with van der Waals surface area (Å²) in [5, 5.41) is 16.8. The van der Waals surface area contributed by atoms with Gasteiger partial charge >= 0.3 is 5.69 Å². The molecule has 0 aliphatic carbocycles. The second-order valence-electron chi connectivity index (χ2n) is 4.73. The summed E-state index contributed by atoms with van der Waals surface area (Å²) in [4.78, 5) is 12.0. The Hall–Kier alpha value is -2.86. The summed E-state index contributed by atoms with van der Waals surface area (Å²) in [7, 11) is 1.57. The summed E-state index contributed by atoms with van der Waals surface area (Å²) in [5.41, 5.74) is 0.857. The largest absolute Gasteiger partial charge is 0.497 e. The van der Waals surface area contributed by atoms with E-state index in [1.165, 1.54) is 4.57 Å². The van der Waals surface area contributed by atoms with Crippen LogP contribution in [0.25, 0.3) is 5.69 Å². The van der Waals surface area contributed by atoms with Crippen LogP contribution in [0.3, 0.4) is 0 Å². The summed E-state index contributed by atoms with van der Waals surface area (Å²) in [6.07, 6.45) is -0.998. The first-order valence-corrected chi connectivity index (χ1v) is 6.75. The maximum atomic E-state index is 12.0. The summed E-state index contributed by atoms with van der Waals surface area (Å²) >= 11 is 0. The molecule has 1 heterocycles. The van der Waals surface area contributed by atoms with E-state index in [2.05, 4.69) is 10.2 Å². The molecule has 1 aromatic heterocycles. The Balaban J connectivity index is 2.05. The molecule has 6 nitrogen and oxygen atoms in total. The Bertz CT molecular complexity index is 807. The van der Waals surface area contributed by atoms with Gasteiger partial charge in [-0.15, -0.1) is 0 Å². The number of benzene rings is 2. The monoisotopic (exact) mass is 297 g/mol. The number of hydrogen-bond donors (Lipinski definition) is 2. The molecule has 0 amide bonds. The van der Waals surface area contributed by atoms with Crippen LogP contribution in [0.1, 0.15) is 17.5 Å². The van der Waals surface area contributed by atoms with Crippen LogP contribution in [0.15, 0.2) is 59.4 Å². The number of H-pyrrole nitrogens is 1. The van der Waals surface area contributed by atoms with E-state index in [0.29, 0.717) is 17.0 Å². The molecule has 0 saturated carbocycles. The first kappa shape index (κ1) is 14.1. The SMILES string of the molecule is COc1ccc(-n2c([C@@H](O)c3ccccc3)n[nH]c2=O)cc1. The number of aromatic amines is 1. The first-order valence-electron chi connectivity index (χ1n) is 6.75. The van der Waals surface area contributed by atoms with Crippen molar-refractivity contribution >= 4 is 0 Å². The molecule has 1 atom stereocenters. The molecule has 0 unspecified atom stereocenters. The van der Waals surface area contributed by atoms with Gasteiger partial charge in [-0.2, -0.15) is 5.10 Å². The molecule has 0 bridgehead atoms. The Morgan fingerprint density at radius 3 is 2.45 bits per heavy atom. The van der Waals surface area contributed by atoms with Gasteiger partial charge < -0.3 is 9.84 Å². The van der Waals surface area contributed by atoms with Crippen molar-refractivity contribution in [3.05, 3.63) is 76.5 Å². The van der Waals surface area contributed by atoms with E-state index in [9.17, 15) is 9.90 Å². The number of hydrogen-bond acceptors (Lipinski definition) is 4. The lowest BCUT2D eigenvalue weighted by Gasteiger charge is -2.12. The van der Waals surface area contributed by atoms with E-state index in [1.807, 2.05) is 18.2 Å². The average molecular weight is 297 g/mol. The molecule has 112 valence electrons. The van der Waals surface area contributed by atoms with Crippen LogP contribution in [0.5, 0.6) is 5.75 Å². The molecular formula is C16H15N3O3. The number of nitrogens with zero attached hydrogens (tertiary/aromatic N) is 2. The Morgan fingerprint density at radius 1 is 1.14 bits per heavy atom. The third-order valence-corrected chi connectivity index (χ3v) is 3.39. The molecule has 0 saturated heterocycles. The van der Waals surface area contributed by atoms with Crippen LogP contribution in [0.4, 0.5) is 0 Å². The van der Waals surface area contributed by atoms with Crippen molar-refractivity contribution in [1.29, 1.82) is 0 Å². The maximum absolute atomic E-state index is 12.0. The van der Waals surface area contributed by atoms with Crippen molar-refractivity contribution in [2.45, 2.75) is 6.10 Å². The van der Waals surface area contributed by atoms with Crippen molar-refractivity contribution < 1.29 is 9.84 Å². The lowest BCUT2D eigenvalue weighted by atomic mass is 10.1. The number of aliphatic hydroxyl groups excluding tert-OH is 1. The summed E-state index contributed by atoms with van der Waals surface area (Å²) < 4.78 is 6.45. The normalized spacial score (nSPS) is 12.1. The zero-order valence-electron chi connectivity index (χ0n) is 11.9. The fraction of sp³-hybridized carbons (Fsp3) is 0.125. The van der Waals surface area contributed by atoms with Gasteiger partial charge in [0.1, 0.15) is 11.9 Å². The first-order chi connectivity index (χ1) is 10.7. The van der Waals surface area contributed by atoms with E-state index < -0.39 is 11.8 Å². The number of ether oxygens (including phenoxy) is 1. The number of aliphatic hydroxyl groups is 1. The molecule has 3 rings (SSSR count). The minimum absolute atomic E-state index is 0.237. The molecule has 0 aliphatic heterocycles. The zero-order chi connectivity index (χ0) is 15.5. The highest BCUT2D eigenvalue weighted by Crippen LogP contribution is 2.22. The molecule has 22 heavy (non-hydrogen) atoms. The molecule has 6 heteroatoms. The second kappa shape index (κ2) is 5.87. The fourth-order valence-corrected chi connectivity index (χ4v) is 2.26. The summed E-state index contributed by atoms with van der Waals surface area (Å²) in [6.45, 7) is 0. The predicted molar refractivity (Wildman–Crippen MR) is 81.2 cm³/mol. The van der Waals surface area contributed by atoms with E-state index in [0.717, 1.165) is 0 Å². The van der Waals surface area contributed by atoms with Crippen molar-refractivity contribution in [2.24, 2.45) is 0 Å². The minimum atomic E-state index is -0.998. The highest BCUT2D eigenvalue weighted by atomic mass is 16.5. The Morgan fingerprint density at radius 2 is 1.82 bits per heavy atom. The van der Waals surface area contributed by atoms with Gasteiger partial charge in [-0.25, -0.2) is 14.5 Å². The molecule has 0 radical (unpaired) electrons. The van der Waals surface area contributed by atoms with Gasteiger partial charge in [0.15, 0.2) is 5.82 Å². The van der Waals surface area contributed by atoms with Gasteiger partial charge in [-0.1, -0.05) is 30.3 Å². The number of rotatable bonds is 4. The van der Waals surface area contributed by atoms with Crippen molar-refractivity contribution in [1.82, 2.24) is 14.8 Å². The molecule has 0 spiro atoms. The Labute approximate surface area is 126 Å². The summed E-state index contributed by atoms with van der Waals surface area (Å²) in [5.74, 6) is 0.923. The van der Waals surface area contributed by atoms with E-state index in [1.54, 1.807) is 43.5 Å². The van der Waals surface area contributed by atoms with Crippen LogP contribution in [0, 0.1) is 0 Å². The molecule has 0 aliphatic rings. The summed E-state index contributed by atoms with van der Waals surface area (Å²) in [6, 6.07) is 16.0. The average Bonchev–Trinajstić information content (AvgIpc) is 2.96. The molecule has 2 aromatic carbocycles. The highest BCUT2D eigenvalue weighted by Gasteiger charge is 2.20. The number of aromatic nitrogens is 3. The maximum Gasteiger partial charge on any atom is 0.348 e. The van der Waals surface area contributed by atoms with Gasteiger partial charge in [0.2, 0.25) is 0 Å². The van der Waals surface area contributed by atoms with Gasteiger partial charge in [0, 0.05) is 0 Å². The van der Waals surface area contributed by atoms with Gasteiger partial charge in [-0.3, -0.25) is 0 Å². The predicted octanol–water partition coefficient (Wildman–Crippen LogP) is 1.65. The molecule has 2 N–H and O–H groups in total. The van der Waals surface area contributed by atoms with E-state index in [-0.39, 0.29) is 5.82 Å². The van der Waals surface area contributed by atoms with Gasteiger partial charge in [0.25, 0.3) is 0 Å². The highest BCUT2D eigenvalue weighted by molar-refractivity contribution is 5.39. The van der Waals surface area contributed by atoms with Crippen molar-refractivity contribution in [2.75, 3.05) is 7.11 Å². The lowest BCUT2D eigenvalue weighted by Crippen LogP contribution is -2.19. The molecule has 3 aromatic rings. The van der Waals surface area contributed by atoms with E-state index >= 15 is 0 Å². The van der Waals surface area contributed by atoms with E-state index in [4.69, 9.17) is 4.74 Å². The second-order valence-corrected chi connectivity index (χ2v) is 4.73. The topological polar surface area (TPSA) is 80.1 Å². The number of nitrogens with one attached hydrogen (secondary N) is 1. The van der Waals surface area contributed by atoms with Crippen LogP contribution in [-0.2, 0) is 0 Å². The molecular weight excluding hydrogens is 282 g/mol. The quantitative estimate of drug-likeness (QED) is 0.767. The standard InChI is InChI=1S/C16H15N3O3/c1-22-13-9-7-12(8-10-13)19-15(17-18-16(19)21)14(20)11-5-3-2-4-6-11/h2-10,14,20H,1H3,(H,18,21)/t14-/m0/s1. The smallest absolute Gasteiger partial charge is 0.348 e. The zero-order valence-corrected chi connectivity index (χ0v) is 11.9. The minimum Gasteiger partial charge on any atom is -0.497 e. The molecule has 0 fully saturated rings. The third kappa shape index (κ3) is 2.51. The lowest BCUT2D eigenvalue weighted by molar-refractivity contribution is 0.207. The van der Waals surface area contributed by atoms with Crippen molar-refractivity contribution in [3.63, 3.8) is 0 Å². The third-order valence-electron chi connectivity index (χ3n) is 3.39. The van der Waals surface area contributed by atoms with Crippen LogP contribution >= 0.6 is 0 Å². The van der Waals surface area contributed by atoms with Crippen LogP contribution in [-0.4, -0.2) is 27.0 Å². The van der Waals surface area contributed by atoms with Crippen molar-refractivity contribution in [3.8, 4) is 11.4 Å². The Kier molecular flexibility index (Phi) is 3.76. The van der Waals surface area contributed by atoms with Gasteiger partial charge in [0.05, 0.1) is 12.8 Å². The fourth-order valence-electron chi connectivity index (χ4n) is 2.26. The van der Waals surface area contributed by atoms with Gasteiger partial charge in [-0.05, 0) is 29.8 Å². The number of methoxy groups -OCH3 is 1. The van der Waals surface area contributed by atoms with Crippen LogP contribution < -0.4 is 10.4 Å². The van der Waals surface area contributed by atoms with Crippen LogP contribution in [0.2, 0.25) is 0 Å².